The highest BCUT2D eigenvalue weighted by Crippen LogP contribution is 2.33. The Hall–Kier alpha value is -3.32. The predicted molar refractivity (Wildman–Crippen MR) is 105 cm³/mol. The molecule has 3 rings (SSSR count). The highest BCUT2D eigenvalue weighted by atomic mass is 35.5. The van der Waals surface area contributed by atoms with Gasteiger partial charge in [0.25, 0.3) is 5.69 Å². The van der Waals surface area contributed by atoms with Crippen molar-refractivity contribution in [1.82, 2.24) is 9.97 Å². The first-order valence-electron chi connectivity index (χ1n) is 8.47. The maximum Gasteiger partial charge on any atom is 0.342 e. The van der Waals surface area contributed by atoms with E-state index in [0.717, 1.165) is 5.56 Å². The Balaban J connectivity index is 2.27. The largest absolute Gasteiger partial charge is 0.462 e. The summed E-state index contributed by atoms with van der Waals surface area (Å²) >= 11 is 5.92. The molecule has 0 aliphatic heterocycles. The zero-order valence-corrected chi connectivity index (χ0v) is 15.9. The minimum Gasteiger partial charge on any atom is -0.462 e. The van der Waals surface area contributed by atoms with Gasteiger partial charge in [0.1, 0.15) is 10.6 Å². The van der Waals surface area contributed by atoms with Crippen molar-refractivity contribution >= 4 is 23.3 Å². The number of rotatable bonds is 5. The zero-order valence-electron chi connectivity index (χ0n) is 15.2. The smallest absolute Gasteiger partial charge is 0.342 e. The van der Waals surface area contributed by atoms with E-state index in [2.05, 4.69) is 9.97 Å². The van der Waals surface area contributed by atoms with E-state index in [-0.39, 0.29) is 28.6 Å². The summed E-state index contributed by atoms with van der Waals surface area (Å²) in [6, 6.07) is 13.5. The molecule has 0 spiro atoms. The lowest BCUT2D eigenvalue weighted by Crippen LogP contribution is -2.12. The molecule has 7 nitrogen and oxygen atoms in total. The van der Waals surface area contributed by atoms with Crippen LogP contribution in [0.4, 0.5) is 5.69 Å². The summed E-state index contributed by atoms with van der Waals surface area (Å²) in [6.07, 6.45) is 0. The SMILES string of the molecule is CCOC(=O)c1c(C)nc(-c2ccccc2)nc1-c1ccc(Cl)c([N+](=O)[O-])c1. The van der Waals surface area contributed by atoms with Crippen molar-refractivity contribution in [3.8, 4) is 22.6 Å². The number of hydrogen-bond acceptors (Lipinski definition) is 6. The molecule has 28 heavy (non-hydrogen) atoms. The number of benzene rings is 2. The van der Waals surface area contributed by atoms with Crippen molar-refractivity contribution < 1.29 is 14.5 Å². The first-order valence-corrected chi connectivity index (χ1v) is 8.85. The Bertz CT molecular complexity index is 1050. The Morgan fingerprint density at radius 2 is 1.86 bits per heavy atom. The molecule has 142 valence electrons. The van der Waals surface area contributed by atoms with Gasteiger partial charge in [-0.15, -0.1) is 0 Å². The molecule has 0 amide bonds. The molecule has 0 radical (unpaired) electrons. The Kier molecular flexibility index (Phi) is 5.65. The van der Waals surface area contributed by atoms with Gasteiger partial charge in [0.05, 0.1) is 22.9 Å². The van der Waals surface area contributed by atoms with Crippen LogP contribution in [-0.2, 0) is 4.74 Å². The number of ether oxygens (including phenoxy) is 1. The quantitative estimate of drug-likeness (QED) is 0.346. The van der Waals surface area contributed by atoms with E-state index in [1.54, 1.807) is 19.9 Å². The van der Waals surface area contributed by atoms with Gasteiger partial charge < -0.3 is 4.74 Å². The highest BCUT2D eigenvalue weighted by molar-refractivity contribution is 6.32. The van der Waals surface area contributed by atoms with Gasteiger partial charge in [0.15, 0.2) is 5.82 Å². The molecule has 0 saturated carbocycles. The molecule has 8 heteroatoms. The normalized spacial score (nSPS) is 10.5. The molecule has 0 atom stereocenters. The second-order valence-electron chi connectivity index (χ2n) is 5.87. The number of carbonyl (C=O) groups excluding carboxylic acids is 1. The fourth-order valence-electron chi connectivity index (χ4n) is 2.75. The van der Waals surface area contributed by atoms with E-state index in [1.165, 1.54) is 12.1 Å². The fourth-order valence-corrected chi connectivity index (χ4v) is 2.93. The summed E-state index contributed by atoms with van der Waals surface area (Å²) in [5, 5.41) is 11.3. The first kappa shape index (κ1) is 19.4. The van der Waals surface area contributed by atoms with E-state index in [9.17, 15) is 14.9 Å². The van der Waals surface area contributed by atoms with Crippen LogP contribution in [0.3, 0.4) is 0 Å². The number of aryl methyl sites for hydroxylation is 1. The van der Waals surface area contributed by atoms with Crippen LogP contribution in [-0.4, -0.2) is 27.5 Å². The van der Waals surface area contributed by atoms with Crippen LogP contribution in [0.15, 0.2) is 48.5 Å². The number of nitro benzene ring substituents is 1. The van der Waals surface area contributed by atoms with Crippen LogP contribution in [0, 0.1) is 17.0 Å². The number of halogens is 1. The summed E-state index contributed by atoms with van der Waals surface area (Å²) < 4.78 is 5.14. The highest BCUT2D eigenvalue weighted by Gasteiger charge is 2.23. The average Bonchev–Trinajstić information content (AvgIpc) is 2.68. The van der Waals surface area contributed by atoms with Crippen LogP contribution in [0.2, 0.25) is 5.02 Å². The van der Waals surface area contributed by atoms with Crippen LogP contribution in [0.5, 0.6) is 0 Å². The third-order valence-electron chi connectivity index (χ3n) is 4.02. The van der Waals surface area contributed by atoms with Crippen molar-refractivity contribution in [1.29, 1.82) is 0 Å². The van der Waals surface area contributed by atoms with Gasteiger partial charge >= 0.3 is 5.97 Å². The fraction of sp³-hybridized carbons (Fsp3) is 0.150. The van der Waals surface area contributed by atoms with Gasteiger partial charge in [-0.05, 0) is 19.9 Å². The Morgan fingerprint density at radius 3 is 2.50 bits per heavy atom. The summed E-state index contributed by atoms with van der Waals surface area (Å²) in [5.74, 6) is -0.189. The number of nitrogens with zero attached hydrogens (tertiary/aromatic N) is 3. The maximum atomic E-state index is 12.5. The number of aromatic nitrogens is 2. The molecular weight excluding hydrogens is 382 g/mol. The predicted octanol–water partition coefficient (Wildman–Crippen LogP) is 4.86. The van der Waals surface area contributed by atoms with Gasteiger partial charge in [-0.25, -0.2) is 14.8 Å². The number of esters is 1. The number of carbonyl (C=O) groups is 1. The van der Waals surface area contributed by atoms with Crippen molar-refractivity contribution in [2.45, 2.75) is 13.8 Å². The molecular formula is C20H16ClN3O4. The van der Waals surface area contributed by atoms with E-state index in [0.29, 0.717) is 17.1 Å². The molecule has 0 aliphatic carbocycles. The summed E-state index contributed by atoms with van der Waals surface area (Å²) in [5.41, 5.74) is 1.70. The minimum absolute atomic E-state index is 0.000459. The van der Waals surface area contributed by atoms with Gasteiger partial charge in [0.2, 0.25) is 0 Å². The molecule has 0 aliphatic rings. The van der Waals surface area contributed by atoms with Gasteiger partial charge in [-0.2, -0.15) is 0 Å². The second kappa shape index (κ2) is 8.14. The monoisotopic (exact) mass is 397 g/mol. The molecule has 0 unspecified atom stereocenters. The van der Waals surface area contributed by atoms with E-state index in [4.69, 9.17) is 16.3 Å². The zero-order chi connectivity index (χ0) is 20.3. The van der Waals surface area contributed by atoms with Crippen LogP contribution in [0.1, 0.15) is 23.0 Å². The average molecular weight is 398 g/mol. The molecule has 3 aromatic rings. The summed E-state index contributed by atoms with van der Waals surface area (Å²) in [6.45, 7) is 3.55. The van der Waals surface area contributed by atoms with Crippen molar-refractivity contribution in [2.75, 3.05) is 6.61 Å². The van der Waals surface area contributed by atoms with E-state index >= 15 is 0 Å². The lowest BCUT2D eigenvalue weighted by atomic mass is 10.0. The second-order valence-corrected chi connectivity index (χ2v) is 6.27. The minimum atomic E-state index is -0.591. The standard InChI is InChI=1S/C20H16ClN3O4/c1-3-28-20(25)17-12(2)22-19(13-7-5-4-6-8-13)23-18(17)14-9-10-15(21)16(11-14)24(26)27/h4-11H,3H2,1-2H3. The molecule has 1 aromatic heterocycles. The van der Waals surface area contributed by atoms with Crippen molar-refractivity contribution in [3.63, 3.8) is 0 Å². The number of nitro groups is 1. The molecule has 0 fully saturated rings. The molecule has 0 N–H and O–H groups in total. The van der Waals surface area contributed by atoms with Gasteiger partial charge in [0, 0.05) is 17.2 Å². The molecule has 0 bridgehead atoms. The van der Waals surface area contributed by atoms with Crippen molar-refractivity contribution in [2.24, 2.45) is 0 Å². The van der Waals surface area contributed by atoms with Crippen LogP contribution < -0.4 is 0 Å². The van der Waals surface area contributed by atoms with Crippen LogP contribution in [0.25, 0.3) is 22.6 Å². The van der Waals surface area contributed by atoms with E-state index < -0.39 is 10.9 Å². The summed E-state index contributed by atoms with van der Waals surface area (Å²) in [4.78, 5) is 32.2. The number of hydrogen-bond donors (Lipinski definition) is 0. The summed E-state index contributed by atoms with van der Waals surface area (Å²) in [7, 11) is 0. The molecule has 1 heterocycles. The lowest BCUT2D eigenvalue weighted by Gasteiger charge is -2.13. The van der Waals surface area contributed by atoms with Gasteiger partial charge in [-0.3, -0.25) is 10.1 Å². The van der Waals surface area contributed by atoms with Gasteiger partial charge in [-0.1, -0.05) is 48.0 Å². The first-order chi connectivity index (χ1) is 13.4. The van der Waals surface area contributed by atoms with Crippen molar-refractivity contribution in [3.05, 3.63) is 74.9 Å². The third kappa shape index (κ3) is 3.84. The maximum absolute atomic E-state index is 12.5. The molecule has 2 aromatic carbocycles. The Labute approximate surface area is 166 Å². The van der Waals surface area contributed by atoms with Crippen LogP contribution >= 0.6 is 11.6 Å². The Morgan fingerprint density at radius 1 is 1.14 bits per heavy atom. The lowest BCUT2D eigenvalue weighted by molar-refractivity contribution is -0.384. The van der Waals surface area contributed by atoms with E-state index in [1.807, 2.05) is 30.3 Å². The molecule has 0 saturated heterocycles. The topological polar surface area (TPSA) is 95.2 Å². The third-order valence-corrected chi connectivity index (χ3v) is 4.34.